The fraction of sp³-hybridized carbons (Fsp3) is 0. The van der Waals surface area contributed by atoms with Gasteiger partial charge in [0.2, 0.25) is 0 Å². The highest BCUT2D eigenvalue weighted by atomic mass is 79.9. The summed E-state index contributed by atoms with van der Waals surface area (Å²) >= 11 is 6.58. The van der Waals surface area contributed by atoms with Crippen LogP contribution < -0.4 is 0 Å². The minimum absolute atomic E-state index is 0.662. The van der Waals surface area contributed by atoms with Crippen LogP contribution in [-0.4, -0.2) is 11.2 Å². The highest BCUT2D eigenvalue weighted by Gasteiger charge is 2.02. The molecule has 76 valence electrons. The second-order valence-corrected chi connectivity index (χ2v) is 4.31. The number of hydrogen-bond acceptors (Lipinski definition) is 3. The molecule has 0 saturated carbocycles. The van der Waals surface area contributed by atoms with E-state index >= 15 is 0 Å². The molecule has 2 aromatic rings. The van der Waals surface area contributed by atoms with Crippen LogP contribution in [0.3, 0.4) is 0 Å². The first kappa shape index (κ1) is 10.6. The molecule has 0 radical (unpaired) electrons. The quantitative estimate of drug-likeness (QED) is 0.782. The topological polar surface area (TPSA) is 38.4 Å². The van der Waals surface area contributed by atoms with Crippen molar-refractivity contribution in [1.82, 2.24) is 4.98 Å². The average Bonchev–Trinajstić information content (AvgIpc) is 2.57. The number of nitrogens with zero attached hydrogens (tertiary/aromatic N) is 2. The summed E-state index contributed by atoms with van der Waals surface area (Å²) in [5.41, 5.74) is 0.793. The monoisotopic (exact) mass is 328 g/mol. The molecule has 0 aromatic carbocycles. The molecule has 0 saturated heterocycles. The van der Waals surface area contributed by atoms with E-state index in [0.29, 0.717) is 10.4 Å². The van der Waals surface area contributed by atoms with Gasteiger partial charge in [0.15, 0.2) is 4.67 Å². The van der Waals surface area contributed by atoms with Crippen LogP contribution in [0.5, 0.6) is 0 Å². The predicted molar refractivity (Wildman–Crippen MR) is 65.6 cm³/mol. The van der Waals surface area contributed by atoms with E-state index in [4.69, 9.17) is 4.42 Å². The van der Waals surface area contributed by atoms with Crippen molar-refractivity contribution < 1.29 is 4.42 Å². The van der Waals surface area contributed by atoms with Crippen LogP contribution in [0.25, 0.3) is 0 Å². The van der Waals surface area contributed by atoms with E-state index in [0.717, 1.165) is 10.2 Å². The molecule has 2 heterocycles. The SMILES string of the molecule is Brc1cc(C=Nc2cccnc2)oc1Br. The van der Waals surface area contributed by atoms with E-state index < -0.39 is 0 Å². The summed E-state index contributed by atoms with van der Waals surface area (Å²) < 4.78 is 6.87. The molecule has 0 bridgehead atoms. The lowest BCUT2D eigenvalue weighted by molar-refractivity contribution is 0.533. The van der Waals surface area contributed by atoms with Gasteiger partial charge in [-0.05, 0) is 44.0 Å². The molecule has 15 heavy (non-hydrogen) atoms. The first-order chi connectivity index (χ1) is 7.25. The van der Waals surface area contributed by atoms with Crippen LogP contribution in [0.2, 0.25) is 0 Å². The number of hydrogen-bond donors (Lipinski definition) is 0. The summed E-state index contributed by atoms with van der Waals surface area (Å²) in [6.07, 6.45) is 5.04. The minimum atomic E-state index is 0.662. The first-order valence-corrected chi connectivity index (χ1v) is 5.73. The van der Waals surface area contributed by atoms with Crippen LogP contribution in [0.1, 0.15) is 5.76 Å². The van der Waals surface area contributed by atoms with E-state index in [-0.39, 0.29) is 0 Å². The maximum atomic E-state index is 5.34. The number of halogens is 2. The lowest BCUT2D eigenvalue weighted by Gasteiger charge is -1.88. The van der Waals surface area contributed by atoms with Crippen molar-refractivity contribution in [2.45, 2.75) is 0 Å². The third-order valence-corrected chi connectivity index (χ3v) is 3.36. The second kappa shape index (κ2) is 4.72. The Labute approximate surface area is 103 Å². The van der Waals surface area contributed by atoms with E-state index in [1.807, 2.05) is 18.2 Å². The Morgan fingerprint density at radius 3 is 2.87 bits per heavy atom. The minimum Gasteiger partial charge on any atom is -0.447 e. The fourth-order valence-corrected chi connectivity index (χ4v) is 1.60. The Morgan fingerprint density at radius 1 is 1.40 bits per heavy atom. The van der Waals surface area contributed by atoms with Gasteiger partial charge in [0.25, 0.3) is 0 Å². The van der Waals surface area contributed by atoms with Crippen molar-refractivity contribution in [2.24, 2.45) is 4.99 Å². The van der Waals surface area contributed by atoms with Crippen molar-refractivity contribution in [1.29, 1.82) is 0 Å². The molecule has 0 unspecified atom stereocenters. The zero-order valence-electron chi connectivity index (χ0n) is 7.52. The van der Waals surface area contributed by atoms with Crippen molar-refractivity contribution in [3.63, 3.8) is 0 Å². The second-order valence-electron chi connectivity index (χ2n) is 2.74. The Balaban J connectivity index is 2.19. The molecule has 0 fully saturated rings. The summed E-state index contributed by atoms with van der Waals surface area (Å²) in [6, 6.07) is 5.54. The molecule has 0 spiro atoms. The van der Waals surface area contributed by atoms with Crippen LogP contribution in [0, 0.1) is 0 Å². The lowest BCUT2D eigenvalue weighted by atomic mass is 10.4. The molecule has 0 amide bonds. The Kier molecular flexibility index (Phi) is 3.33. The number of pyridine rings is 1. The Morgan fingerprint density at radius 2 is 2.27 bits per heavy atom. The molecule has 0 aliphatic heterocycles. The van der Waals surface area contributed by atoms with Gasteiger partial charge in [0.1, 0.15) is 5.76 Å². The van der Waals surface area contributed by atoms with Crippen LogP contribution in [-0.2, 0) is 0 Å². The van der Waals surface area contributed by atoms with Gasteiger partial charge < -0.3 is 4.42 Å². The third kappa shape index (κ3) is 2.76. The van der Waals surface area contributed by atoms with E-state index in [9.17, 15) is 0 Å². The number of rotatable bonds is 2. The molecule has 3 nitrogen and oxygen atoms in total. The van der Waals surface area contributed by atoms with E-state index in [1.165, 1.54) is 0 Å². The molecule has 0 aliphatic rings. The van der Waals surface area contributed by atoms with Gasteiger partial charge in [0.05, 0.1) is 22.6 Å². The van der Waals surface area contributed by atoms with Crippen molar-refractivity contribution >= 4 is 43.8 Å². The number of aliphatic imine (C=N–C) groups is 1. The first-order valence-electron chi connectivity index (χ1n) is 4.14. The Hall–Kier alpha value is -0.940. The zero-order valence-corrected chi connectivity index (χ0v) is 10.7. The summed E-state index contributed by atoms with van der Waals surface area (Å²) in [4.78, 5) is 8.16. The van der Waals surface area contributed by atoms with Gasteiger partial charge in [-0.1, -0.05) is 0 Å². The number of furan rings is 1. The highest BCUT2D eigenvalue weighted by Crippen LogP contribution is 2.26. The van der Waals surface area contributed by atoms with Gasteiger partial charge in [-0.15, -0.1) is 0 Å². The molecule has 0 N–H and O–H groups in total. The summed E-state index contributed by atoms with van der Waals surface area (Å²) in [7, 11) is 0. The lowest BCUT2D eigenvalue weighted by Crippen LogP contribution is -1.74. The highest BCUT2D eigenvalue weighted by molar-refractivity contribution is 9.13. The summed E-state index contributed by atoms with van der Waals surface area (Å²) in [5, 5.41) is 0. The van der Waals surface area contributed by atoms with Gasteiger partial charge in [-0.25, -0.2) is 0 Å². The summed E-state index contributed by atoms with van der Waals surface area (Å²) in [5.74, 6) is 0.678. The van der Waals surface area contributed by atoms with Crippen LogP contribution in [0.4, 0.5) is 5.69 Å². The smallest absolute Gasteiger partial charge is 0.184 e. The molecule has 0 aliphatic carbocycles. The maximum Gasteiger partial charge on any atom is 0.184 e. The fourth-order valence-electron chi connectivity index (χ4n) is 0.995. The zero-order chi connectivity index (χ0) is 10.7. The van der Waals surface area contributed by atoms with Crippen molar-refractivity contribution in [3.8, 4) is 0 Å². The predicted octanol–water partition coefficient (Wildman–Crippen LogP) is 3.95. The van der Waals surface area contributed by atoms with E-state index in [1.54, 1.807) is 18.6 Å². The average molecular weight is 330 g/mol. The third-order valence-electron chi connectivity index (χ3n) is 1.65. The molecular weight excluding hydrogens is 324 g/mol. The Bertz CT molecular complexity index is 460. The van der Waals surface area contributed by atoms with Crippen molar-refractivity contribution in [3.05, 3.63) is 45.5 Å². The molecule has 2 rings (SSSR count). The normalized spacial score (nSPS) is 11.1. The van der Waals surface area contributed by atoms with Gasteiger partial charge in [-0.3, -0.25) is 9.98 Å². The van der Waals surface area contributed by atoms with Crippen LogP contribution in [0.15, 0.2) is 49.1 Å². The maximum absolute atomic E-state index is 5.34. The van der Waals surface area contributed by atoms with Gasteiger partial charge >= 0.3 is 0 Å². The van der Waals surface area contributed by atoms with Crippen LogP contribution >= 0.6 is 31.9 Å². The standard InChI is InChI=1S/C10H6Br2N2O/c11-9-4-8(15-10(9)12)6-14-7-2-1-3-13-5-7/h1-6H. The summed E-state index contributed by atoms with van der Waals surface area (Å²) in [6.45, 7) is 0. The van der Waals surface area contributed by atoms with E-state index in [2.05, 4.69) is 41.8 Å². The largest absolute Gasteiger partial charge is 0.447 e. The van der Waals surface area contributed by atoms with Gasteiger partial charge in [0, 0.05) is 12.3 Å². The molecular formula is C10H6Br2N2O. The van der Waals surface area contributed by atoms with Gasteiger partial charge in [-0.2, -0.15) is 0 Å². The molecule has 0 atom stereocenters. The molecule has 2 aromatic heterocycles. The molecule has 5 heteroatoms. The number of aromatic nitrogens is 1. The van der Waals surface area contributed by atoms with Crippen molar-refractivity contribution in [2.75, 3.05) is 0 Å².